The molecule has 0 spiro atoms. The van der Waals surface area contributed by atoms with Gasteiger partial charge in [0.25, 0.3) is 0 Å². The van der Waals surface area contributed by atoms with Crippen molar-refractivity contribution in [1.29, 1.82) is 0 Å². The van der Waals surface area contributed by atoms with Crippen LogP contribution in [0.5, 0.6) is 0 Å². The first-order valence-corrected chi connectivity index (χ1v) is 10.1. The van der Waals surface area contributed by atoms with Crippen molar-refractivity contribution < 1.29 is 39.1 Å². The Labute approximate surface area is 183 Å². The van der Waals surface area contributed by atoms with Crippen molar-refractivity contribution in [3.63, 3.8) is 0 Å². The van der Waals surface area contributed by atoms with Gasteiger partial charge in [-0.05, 0) is 0 Å². The fourth-order valence-electron chi connectivity index (χ4n) is 1.96. The molecule has 2 nitrogen and oxygen atoms in total. The Balaban J connectivity index is -0.000000306. The van der Waals surface area contributed by atoms with Crippen LogP contribution in [0.15, 0.2) is 54.6 Å². The molecule has 158 valence electrons. The number of rotatable bonds is 8. The Morgan fingerprint density at radius 3 is 1.22 bits per heavy atom. The van der Waals surface area contributed by atoms with E-state index in [1.807, 2.05) is 54.6 Å². The van der Waals surface area contributed by atoms with Gasteiger partial charge in [-0.15, -0.1) is 0 Å². The molecular weight excluding hydrogens is 426 g/mol. The average molecular weight is 458 g/mol. The first-order valence-electron chi connectivity index (χ1n) is 9.21. The molecule has 0 radical (unpaired) electrons. The van der Waals surface area contributed by atoms with Crippen LogP contribution < -0.4 is 0 Å². The molecule has 0 aliphatic heterocycles. The summed E-state index contributed by atoms with van der Waals surface area (Å²) in [6.45, 7) is 6.10. The average Bonchev–Trinajstić information content (AvgIpc) is 2.79. The Morgan fingerprint density at radius 2 is 0.963 bits per heavy atom. The van der Waals surface area contributed by atoms with Gasteiger partial charge in [0.2, 0.25) is 0 Å². The number of unbranched alkanes of at least 4 members (excludes halogenated alkanes) is 8. The third-order valence-corrected chi connectivity index (χ3v) is 3.26. The van der Waals surface area contributed by atoms with E-state index in [-0.39, 0.29) is 0 Å². The van der Waals surface area contributed by atoms with Crippen molar-refractivity contribution >= 4 is 0 Å². The number of hydrogen-bond acceptors (Lipinski definition) is 2. The number of hydrogen-bond donors (Lipinski definition) is 0. The summed E-state index contributed by atoms with van der Waals surface area (Å²) in [6.07, 6.45) is 12.4. The smallest absolute Gasteiger partial charge is 0.171 e. The van der Waals surface area contributed by atoms with Crippen LogP contribution in [0, 0.1) is 25.1 Å². The van der Waals surface area contributed by atoms with E-state index in [0.29, 0.717) is 0 Å². The zero-order chi connectivity index (χ0) is 20.8. The van der Waals surface area contributed by atoms with E-state index in [0.717, 1.165) is 6.42 Å². The van der Waals surface area contributed by atoms with Crippen molar-refractivity contribution in [1.82, 2.24) is 0 Å². The molecule has 0 aromatic heterocycles. The fraction of sp³-hybridized carbons (Fsp3) is 0.435. The van der Waals surface area contributed by atoms with Gasteiger partial charge in [0.15, 0.2) is 0 Å². The molecule has 0 saturated carbocycles. The molecule has 0 bridgehead atoms. The minimum absolute atomic E-state index is 1.12. The Bertz CT molecular complexity index is 332. The monoisotopic (exact) mass is 458 g/mol. The maximum absolute atomic E-state index is 7.94. The zero-order valence-corrected chi connectivity index (χ0v) is 18.3. The topological polar surface area (TPSA) is 34.1 Å². The molecule has 0 heterocycles. The molecule has 0 aliphatic rings. The second kappa shape index (κ2) is 36.0. The fourth-order valence-corrected chi connectivity index (χ4v) is 1.96. The summed E-state index contributed by atoms with van der Waals surface area (Å²) in [7, 11) is 0. The summed E-state index contributed by atoms with van der Waals surface area (Å²) < 4.78 is 15.9. The van der Waals surface area contributed by atoms with E-state index in [1.54, 1.807) is 0 Å². The molecule has 0 fully saturated rings. The predicted molar refractivity (Wildman–Crippen MR) is 103 cm³/mol. The van der Waals surface area contributed by atoms with E-state index in [4.69, 9.17) is 7.73 Å². The van der Waals surface area contributed by atoms with Crippen LogP contribution >= 0.6 is 0 Å². The van der Waals surface area contributed by atoms with Gasteiger partial charge < -0.3 is 19.1 Å². The van der Waals surface area contributed by atoms with Crippen LogP contribution in [0.25, 0.3) is 0 Å². The molecule has 0 atom stereocenters. The molecule has 4 heteroatoms. The van der Waals surface area contributed by atoms with E-state index in [9.17, 15) is 0 Å². The molecule has 0 aliphatic carbocycles. The van der Waals surface area contributed by atoms with Gasteiger partial charge >= 0.3 is 39.1 Å². The van der Waals surface area contributed by atoms with Crippen LogP contribution in [-0.4, -0.2) is 0 Å². The summed E-state index contributed by atoms with van der Waals surface area (Å²) in [4.78, 5) is 0. The van der Waals surface area contributed by atoms with Gasteiger partial charge in [-0.1, -0.05) is 58.3 Å². The quantitative estimate of drug-likeness (QED) is 0.319. The normalized spacial score (nSPS) is 8.15. The first kappa shape index (κ1) is 30.8. The molecule has 0 amide bonds. The van der Waals surface area contributed by atoms with Crippen LogP contribution in [0.4, 0.5) is 0 Å². The maximum atomic E-state index is 7.94. The van der Waals surface area contributed by atoms with Crippen molar-refractivity contribution in [3.8, 4) is 0 Å². The maximum Gasteiger partial charge on any atom is -0.171 e. The third kappa shape index (κ3) is 36.7. The summed E-state index contributed by atoms with van der Waals surface area (Å²) >= 11 is 4.62. The van der Waals surface area contributed by atoms with Gasteiger partial charge in [0.1, 0.15) is 0 Å². The summed E-state index contributed by atoms with van der Waals surface area (Å²) in [5.74, 6) is 0. The summed E-state index contributed by atoms with van der Waals surface area (Å²) in [5.41, 5.74) is 0. The molecule has 0 N–H and O–H groups in total. The standard InChI is InChI=1S/C11H23.C6H5.C6H4.2Co.2O/c1-3-5-7-9-11-10-8-6-4-2;2*1-2-4-6-5-3-1;;;;/h1,3-11H2,2H3;1-5H;1-2,5-6H;;;;/q2*-1;-2;;;;. The van der Waals surface area contributed by atoms with E-state index in [2.05, 4.69) is 63.4 Å². The minimum atomic E-state index is 1.12. The van der Waals surface area contributed by atoms with Crippen molar-refractivity contribution in [3.05, 3.63) is 79.7 Å². The van der Waals surface area contributed by atoms with Gasteiger partial charge in [0, 0.05) is 0 Å². The second-order valence-electron chi connectivity index (χ2n) is 5.41. The molecule has 27 heavy (non-hydrogen) atoms. The molecule has 2 rings (SSSR count). The van der Waals surface area contributed by atoms with Gasteiger partial charge in [0.05, 0.1) is 0 Å². The van der Waals surface area contributed by atoms with Gasteiger partial charge in [-0.2, -0.15) is 42.8 Å². The Morgan fingerprint density at radius 1 is 0.593 bits per heavy atom. The SMILES string of the molecule is [CH2-]CCCCCCCCCC.[O]=[Co].[O]=[Co].[c-]1cc[c-]cc1.[c-]1ccccc1. The predicted octanol–water partition coefficient (Wildman–Crippen LogP) is 6.88. The van der Waals surface area contributed by atoms with E-state index in [1.165, 1.54) is 51.4 Å². The van der Waals surface area contributed by atoms with Crippen LogP contribution in [-0.2, 0) is 39.1 Å². The Kier molecular flexibility index (Phi) is 41.1. The first-order chi connectivity index (χ1) is 13.4. The van der Waals surface area contributed by atoms with Crippen molar-refractivity contribution in [2.45, 2.75) is 64.7 Å². The van der Waals surface area contributed by atoms with Crippen molar-refractivity contribution in [2.24, 2.45) is 0 Å². The van der Waals surface area contributed by atoms with E-state index < -0.39 is 0 Å². The minimum Gasteiger partial charge on any atom is -0.319 e. The molecule has 0 unspecified atom stereocenters. The largest absolute Gasteiger partial charge is 0.319 e. The summed E-state index contributed by atoms with van der Waals surface area (Å²) in [6, 6.07) is 25.5. The summed E-state index contributed by atoms with van der Waals surface area (Å²) in [5, 5.41) is 0. The molecule has 0 saturated heterocycles. The van der Waals surface area contributed by atoms with E-state index >= 15 is 0 Å². The van der Waals surface area contributed by atoms with Crippen LogP contribution in [0.2, 0.25) is 0 Å². The second-order valence-corrected chi connectivity index (χ2v) is 5.41. The zero-order valence-electron chi connectivity index (χ0n) is 16.3. The van der Waals surface area contributed by atoms with Crippen LogP contribution in [0.1, 0.15) is 64.7 Å². The third-order valence-electron chi connectivity index (χ3n) is 3.26. The van der Waals surface area contributed by atoms with Gasteiger partial charge in [-0.3, -0.25) is 24.3 Å². The molecular formula is C23H32Co2O2-4. The van der Waals surface area contributed by atoms with Crippen LogP contribution in [0.3, 0.4) is 0 Å². The Hall–Kier alpha value is -0.947. The van der Waals surface area contributed by atoms with Crippen molar-refractivity contribution in [2.75, 3.05) is 0 Å². The number of benzene rings is 2. The van der Waals surface area contributed by atoms with Gasteiger partial charge in [-0.25, -0.2) is 0 Å². The molecule has 2 aromatic carbocycles. The molecule has 2 aromatic rings.